The predicted molar refractivity (Wildman–Crippen MR) is 275 cm³/mol. The van der Waals surface area contributed by atoms with Crippen molar-refractivity contribution in [2.75, 3.05) is 77.9 Å². The number of urea groups is 1. The summed E-state index contributed by atoms with van der Waals surface area (Å²) < 4.78 is 37.7. The first-order valence-electron chi connectivity index (χ1n) is 25.3. The SMILES string of the molecule is CC(C)C(NC(=O)C(CCC(=O)O)NC(=O)CCOCCOCCOCCOCCNC(=O)COC1C#CCCCCC1)C(=O)NC(CCCNC(N)=O)C(=O)Nc1ccc(COC(=O)Oc2ccc([N+](=O)[O-])cc2)cc1. The molecule has 0 spiro atoms. The third-order valence-electron chi connectivity index (χ3n) is 11.1. The van der Waals surface area contributed by atoms with Crippen LogP contribution in [0.1, 0.15) is 83.6 Å². The van der Waals surface area contributed by atoms with E-state index in [-0.39, 0.29) is 95.3 Å². The first-order chi connectivity index (χ1) is 37.0. The Hall–Kier alpha value is -7.44. The van der Waals surface area contributed by atoms with E-state index in [9.17, 15) is 53.6 Å². The molecule has 26 nitrogen and oxygen atoms in total. The molecule has 0 radical (unpaired) electrons. The zero-order valence-corrected chi connectivity index (χ0v) is 43.5. The van der Waals surface area contributed by atoms with Crippen LogP contribution in [-0.2, 0) is 63.8 Å². The zero-order valence-electron chi connectivity index (χ0n) is 43.5. The number of nitrogens with two attached hydrogens (primary N) is 1. The number of anilines is 1. The molecule has 1 aliphatic carbocycles. The van der Waals surface area contributed by atoms with E-state index in [0.717, 1.165) is 44.2 Å². The number of primary amides is 1. The molecule has 0 bridgehead atoms. The molecule has 77 heavy (non-hydrogen) atoms. The molecule has 0 saturated heterocycles. The fourth-order valence-corrected chi connectivity index (χ4v) is 6.98. The molecule has 424 valence electrons. The van der Waals surface area contributed by atoms with E-state index >= 15 is 0 Å². The highest BCUT2D eigenvalue weighted by Gasteiger charge is 2.32. The molecule has 9 N–H and O–H groups in total. The van der Waals surface area contributed by atoms with E-state index in [1.807, 2.05) is 0 Å². The summed E-state index contributed by atoms with van der Waals surface area (Å²) >= 11 is 0. The Morgan fingerprint density at radius 1 is 0.727 bits per heavy atom. The van der Waals surface area contributed by atoms with Crippen LogP contribution in [-0.4, -0.2) is 155 Å². The third kappa shape index (κ3) is 28.9. The fraction of sp³-hybridized carbons (Fsp3) is 0.569. The molecule has 0 aliphatic heterocycles. The molecule has 26 heteroatoms. The molecule has 2 aromatic carbocycles. The van der Waals surface area contributed by atoms with Crippen LogP contribution in [0.5, 0.6) is 5.75 Å². The predicted octanol–water partition coefficient (Wildman–Crippen LogP) is 2.60. The lowest BCUT2D eigenvalue weighted by Crippen LogP contribution is -2.58. The number of nitro groups is 1. The number of nitrogens with zero attached hydrogens (tertiary/aromatic N) is 1. The van der Waals surface area contributed by atoms with Crippen LogP contribution in [0.25, 0.3) is 0 Å². The Kier molecular flexibility index (Phi) is 31.0. The van der Waals surface area contributed by atoms with Crippen molar-refractivity contribution in [1.29, 1.82) is 0 Å². The van der Waals surface area contributed by atoms with Gasteiger partial charge in [0.15, 0.2) is 0 Å². The van der Waals surface area contributed by atoms with Crippen LogP contribution in [0.15, 0.2) is 48.5 Å². The molecule has 2 aromatic rings. The molecular formula is C51H72N8O18. The van der Waals surface area contributed by atoms with Crippen LogP contribution in [0.2, 0.25) is 0 Å². The first kappa shape index (κ1) is 63.8. The van der Waals surface area contributed by atoms with Gasteiger partial charge < -0.3 is 75.9 Å². The number of rotatable bonds is 37. The Morgan fingerprint density at radius 2 is 1.38 bits per heavy atom. The summed E-state index contributed by atoms with van der Waals surface area (Å²) in [4.78, 5) is 111. The lowest BCUT2D eigenvalue weighted by atomic mass is 10.0. The average molecular weight is 1090 g/mol. The number of nitro benzene ring substituents is 1. The summed E-state index contributed by atoms with van der Waals surface area (Å²) in [5.41, 5.74) is 5.79. The number of amides is 7. The van der Waals surface area contributed by atoms with E-state index in [1.165, 1.54) is 24.3 Å². The number of non-ortho nitro benzene ring substituents is 1. The van der Waals surface area contributed by atoms with Crippen LogP contribution in [0, 0.1) is 27.9 Å². The molecule has 3 rings (SSSR count). The normalized spacial score (nSPS) is 14.1. The molecule has 0 saturated carbocycles. The number of carboxylic acid groups (broad SMARTS) is 1. The largest absolute Gasteiger partial charge is 0.514 e. The highest BCUT2D eigenvalue weighted by atomic mass is 16.7. The van der Waals surface area contributed by atoms with Gasteiger partial charge in [-0.05, 0) is 74.3 Å². The van der Waals surface area contributed by atoms with Gasteiger partial charge in [-0.15, -0.1) is 5.92 Å². The molecule has 0 heterocycles. The molecule has 7 amide bonds. The van der Waals surface area contributed by atoms with Gasteiger partial charge in [0, 0.05) is 50.2 Å². The molecule has 1 aliphatic rings. The van der Waals surface area contributed by atoms with Crippen molar-refractivity contribution in [3.8, 4) is 17.6 Å². The number of carboxylic acids is 1. The van der Waals surface area contributed by atoms with Gasteiger partial charge in [-0.2, -0.15) is 0 Å². The highest BCUT2D eigenvalue weighted by Crippen LogP contribution is 2.19. The number of ether oxygens (including phenoxy) is 7. The van der Waals surface area contributed by atoms with Crippen LogP contribution < -0.4 is 42.4 Å². The quantitative estimate of drug-likeness (QED) is 0.0120. The van der Waals surface area contributed by atoms with Crippen molar-refractivity contribution in [2.24, 2.45) is 11.7 Å². The minimum Gasteiger partial charge on any atom is -0.481 e. The monoisotopic (exact) mass is 1080 g/mol. The van der Waals surface area contributed by atoms with Crippen LogP contribution in [0.3, 0.4) is 0 Å². The smallest absolute Gasteiger partial charge is 0.481 e. The van der Waals surface area contributed by atoms with Gasteiger partial charge in [-0.3, -0.25) is 38.9 Å². The van der Waals surface area contributed by atoms with Crippen LogP contribution >= 0.6 is 0 Å². The van der Waals surface area contributed by atoms with E-state index in [2.05, 4.69) is 43.7 Å². The fourth-order valence-electron chi connectivity index (χ4n) is 6.98. The second-order valence-corrected chi connectivity index (χ2v) is 17.6. The third-order valence-corrected chi connectivity index (χ3v) is 11.1. The van der Waals surface area contributed by atoms with Crippen molar-refractivity contribution in [3.05, 3.63) is 64.2 Å². The minimum absolute atomic E-state index is 0.00907. The summed E-state index contributed by atoms with van der Waals surface area (Å²) in [6.07, 6.45) is 2.90. The summed E-state index contributed by atoms with van der Waals surface area (Å²) in [5, 5.41) is 35.8. The van der Waals surface area contributed by atoms with E-state index < -0.39 is 77.2 Å². The summed E-state index contributed by atoms with van der Waals surface area (Å²) in [6, 6.07) is 6.32. The lowest BCUT2D eigenvalue weighted by molar-refractivity contribution is -0.384. The Morgan fingerprint density at radius 3 is 2.01 bits per heavy atom. The van der Waals surface area contributed by atoms with Crippen molar-refractivity contribution in [2.45, 2.75) is 109 Å². The van der Waals surface area contributed by atoms with Gasteiger partial charge in [0.25, 0.3) is 5.69 Å². The Bertz CT molecular complexity index is 2260. The number of hydrogen-bond donors (Lipinski definition) is 8. The number of nitrogens with one attached hydrogen (secondary N) is 6. The average Bonchev–Trinajstić information content (AvgIpc) is 3.38. The molecule has 4 atom stereocenters. The van der Waals surface area contributed by atoms with Gasteiger partial charge >= 0.3 is 18.2 Å². The van der Waals surface area contributed by atoms with E-state index in [0.29, 0.717) is 44.2 Å². The van der Waals surface area contributed by atoms with Crippen molar-refractivity contribution < 1.29 is 81.5 Å². The topological polar surface area (TPSA) is 363 Å². The second-order valence-electron chi connectivity index (χ2n) is 17.6. The summed E-state index contributed by atoms with van der Waals surface area (Å²) in [7, 11) is 0. The maximum Gasteiger partial charge on any atom is 0.514 e. The van der Waals surface area contributed by atoms with Gasteiger partial charge in [0.1, 0.15) is 43.2 Å². The number of carbonyl (C=O) groups excluding carboxylic acids is 7. The number of benzene rings is 2. The number of carbonyl (C=O) groups is 8. The van der Waals surface area contributed by atoms with E-state index in [4.69, 9.17) is 38.9 Å². The summed E-state index contributed by atoms with van der Waals surface area (Å²) in [6.45, 7) is 5.22. The van der Waals surface area contributed by atoms with E-state index in [1.54, 1.807) is 26.0 Å². The van der Waals surface area contributed by atoms with Crippen molar-refractivity contribution in [3.63, 3.8) is 0 Å². The zero-order chi connectivity index (χ0) is 56.2. The van der Waals surface area contributed by atoms with Gasteiger partial charge in [0.05, 0.1) is 57.8 Å². The lowest BCUT2D eigenvalue weighted by Gasteiger charge is -2.27. The minimum atomic E-state index is -1.35. The van der Waals surface area contributed by atoms with Crippen molar-refractivity contribution in [1.82, 2.24) is 26.6 Å². The van der Waals surface area contributed by atoms with Gasteiger partial charge in [-0.1, -0.05) is 38.3 Å². The second kappa shape index (κ2) is 37.3. The highest BCUT2D eigenvalue weighted by molar-refractivity contribution is 5.99. The summed E-state index contributed by atoms with van der Waals surface area (Å²) in [5.74, 6) is 1.28. The Labute approximate surface area is 446 Å². The van der Waals surface area contributed by atoms with Gasteiger partial charge in [0.2, 0.25) is 29.5 Å². The molecule has 0 fully saturated rings. The first-order valence-corrected chi connectivity index (χ1v) is 25.3. The molecular weight excluding hydrogens is 1010 g/mol. The van der Waals surface area contributed by atoms with Crippen LogP contribution in [0.4, 0.5) is 21.0 Å². The number of aliphatic carboxylic acids is 1. The van der Waals surface area contributed by atoms with Crippen molar-refractivity contribution >= 4 is 59.1 Å². The maximum absolute atomic E-state index is 13.8. The molecule has 4 unspecified atom stereocenters. The van der Waals surface area contributed by atoms with Gasteiger partial charge in [-0.25, -0.2) is 9.59 Å². The standard InChI is InChI=1S/C51H72N8O18/c1-35(2)46(49(66)57-41(11-8-23-54-50(52)67)47(64)55-37-14-12-36(13-15-37)33-76-51(68)77-40-18-16-38(17-19-40)59(69)70)58-48(65)42(20-21-45(62)63)56-43(60)22-25-71-27-29-73-31-32-74-30-28-72-26-24-53-44(61)34-75-39-9-6-4-3-5-7-10-39/h12-19,35,39,41-42,46H,3-6,8-9,11,20-34H2,1-2H3,(H,53,61)(H,55,64)(H,56,60)(H,57,66)(H,58,65)(H,62,63)(H3,52,54,67). The Balaban J connectivity index is 1.39. The number of hydrogen-bond acceptors (Lipinski definition) is 17. The molecule has 0 aromatic heterocycles. The maximum atomic E-state index is 13.8.